The van der Waals surface area contributed by atoms with Gasteiger partial charge < -0.3 is 15.0 Å². The molecule has 1 saturated heterocycles. The topological polar surface area (TPSA) is 24.5 Å². The van der Waals surface area contributed by atoms with Crippen LogP contribution in [-0.2, 0) is 4.74 Å². The van der Waals surface area contributed by atoms with E-state index in [1.54, 1.807) is 7.11 Å². The lowest BCUT2D eigenvalue weighted by atomic mass is 9.98. The molecule has 0 aliphatic carbocycles. The summed E-state index contributed by atoms with van der Waals surface area (Å²) in [5, 5.41) is 3.69. The highest BCUT2D eigenvalue weighted by Gasteiger charge is 2.22. The lowest BCUT2D eigenvalue weighted by Gasteiger charge is -2.29. The van der Waals surface area contributed by atoms with Crippen LogP contribution in [0.2, 0.25) is 0 Å². The fraction of sp³-hybridized carbons (Fsp3) is 1.00. The predicted octanol–water partition coefficient (Wildman–Crippen LogP) is 1.98. The van der Waals surface area contributed by atoms with Crippen LogP contribution < -0.4 is 5.32 Å². The van der Waals surface area contributed by atoms with Crippen molar-refractivity contribution in [2.75, 3.05) is 39.9 Å². The van der Waals surface area contributed by atoms with Crippen LogP contribution in [0.15, 0.2) is 0 Å². The number of rotatable bonds is 6. The van der Waals surface area contributed by atoms with Gasteiger partial charge in [-0.3, -0.25) is 0 Å². The van der Waals surface area contributed by atoms with Gasteiger partial charge in [0, 0.05) is 32.8 Å². The molecule has 1 aliphatic heterocycles. The quantitative estimate of drug-likeness (QED) is 0.771. The van der Waals surface area contributed by atoms with Crippen LogP contribution in [0.5, 0.6) is 0 Å². The molecule has 3 atom stereocenters. The molecule has 1 aliphatic rings. The van der Waals surface area contributed by atoms with E-state index in [4.69, 9.17) is 4.74 Å². The first-order valence-electron chi connectivity index (χ1n) is 7.12. The van der Waals surface area contributed by atoms with Crippen molar-refractivity contribution in [2.24, 2.45) is 11.8 Å². The van der Waals surface area contributed by atoms with E-state index in [0.717, 1.165) is 12.5 Å². The summed E-state index contributed by atoms with van der Waals surface area (Å²) in [5.41, 5.74) is 0. The molecule has 1 rings (SSSR count). The zero-order chi connectivity index (χ0) is 12.7. The molecule has 3 unspecified atom stereocenters. The van der Waals surface area contributed by atoms with E-state index < -0.39 is 0 Å². The maximum Gasteiger partial charge on any atom is 0.0500 e. The van der Waals surface area contributed by atoms with Gasteiger partial charge >= 0.3 is 0 Å². The summed E-state index contributed by atoms with van der Waals surface area (Å²) in [4.78, 5) is 2.61. The van der Waals surface area contributed by atoms with Crippen molar-refractivity contribution in [1.82, 2.24) is 10.2 Å². The van der Waals surface area contributed by atoms with Gasteiger partial charge in [-0.1, -0.05) is 27.2 Å². The van der Waals surface area contributed by atoms with Crippen molar-refractivity contribution in [1.29, 1.82) is 0 Å². The average Bonchev–Trinajstić information content (AvgIpc) is 2.54. The normalized spacial score (nSPS) is 26.5. The Balaban J connectivity index is 2.42. The number of ether oxygens (including phenoxy) is 1. The highest BCUT2D eigenvalue weighted by atomic mass is 16.5. The van der Waals surface area contributed by atoms with Gasteiger partial charge in [0.2, 0.25) is 0 Å². The number of hydrogen-bond acceptors (Lipinski definition) is 3. The summed E-state index contributed by atoms with van der Waals surface area (Å²) >= 11 is 0. The standard InChI is InChI=1S/C14H30N2O/c1-5-13(3)14-10-16(8-6-7-15-14)9-12(2)11-17-4/h12-15H,5-11H2,1-4H3. The summed E-state index contributed by atoms with van der Waals surface area (Å²) in [6.07, 6.45) is 2.53. The van der Waals surface area contributed by atoms with Crippen LogP contribution in [0, 0.1) is 11.8 Å². The summed E-state index contributed by atoms with van der Waals surface area (Å²) < 4.78 is 5.23. The van der Waals surface area contributed by atoms with Crippen molar-refractivity contribution in [2.45, 2.75) is 39.7 Å². The van der Waals surface area contributed by atoms with Crippen LogP contribution in [0.1, 0.15) is 33.6 Å². The molecule has 1 fully saturated rings. The third-order valence-electron chi connectivity index (χ3n) is 3.86. The molecule has 3 nitrogen and oxygen atoms in total. The molecule has 3 heteroatoms. The summed E-state index contributed by atoms with van der Waals surface area (Å²) in [6, 6.07) is 0.664. The highest BCUT2D eigenvalue weighted by molar-refractivity contribution is 4.80. The Morgan fingerprint density at radius 2 is 2.18 bits per heavy atom. The van der Waals surface area contributed by atoms with Crippen molar-refractivity contribution < 1.29 is 4.74 Å². The number of hydrogen-bond donors (Lipinski definition) is 1. The van der Waals surface area contributed by atoms with E-state index in [9.17, 15) is 0 Å². The van der Waals surface area contributed by atoms with Gasteiger partial charge in [-0.2, -0.15) is 0 Å². The number of nitrogens with zero attached hydrogens (tertiary/aromatic N) is 1. The van der Waals surface area contributed by atoms with E-state index in [0.29, 0.717) is 12.0 Å². The Labute approximate surface area is 107 Å². The average molecular weight is 242 g/mol. The molecule has 0 radical (unpaired) electrons. The summed E-state index contributed by atoms with van der Waals surface area (Å²) in [7, 11) is 1.79. The molecule has 17 heavy (non-hydrogen) atoms. The molecule has 102 valence electrons. The Kier molecular flexibility index (Phi) is 7.09. The Bertz CT molecular complexity index is 199. The lowest BCUT2D eigenvalue weighted by Crippen LogP contribution is -2.43. The molecule has 0 aromatic rings. The number of nitrogens with one attached hydrogen (secondary N) is 1. The van der Waals surface area contributed by atoms with Gasteiger partial charge in [-0.05, 0) is 31.3 Å². The molecule has 0 aromatic heterocycles. The summed E-state index contributed by atoms with van der Waals surface area (Å²) in [6.45, 7) is 12.6. The van der Waals surface area contributed by atoms with E-state index in [1.165, 1.54) is 39.0 Å². The van der Waals surface area contributed by atoms with Gasteiger partial charge in [0.1, 0.15) is 0 Å². The molecular formula is C14H30N2O. The molecule has 0 bridgehead atoms. The Morgan fingerprint density at radius 1 is 1.41 bits per heavy atom. The Hall–Kier alpha value is -0.120. The van der Waals surface area contributed by atoms with Gasteiger partial charge in [0.15, 0.2) is 0 Å². The lowest BCUT2D eigenvalue weighted by molar-refractivity contribution is 0.125. The van der Waals surface area contributed by atoms with Gasteiger partial charge in [-0.15, -0.1) is 0 Å². The first-order chi connectivity index (χ1) is 8.17. The predicted molar refractivity (Wildman–Crippen MR) is 73.3 cm³/mol. The molecule has 0 saturated carbocycles. The van der Waals surface area contributed by atoms with E-state index in [-0.39, 0.29) is 0 Å². The van der Waals surface area contributed by atoms with Crippen LogP contribution >= 0.6 is 0 Å². The first-order valence-corrected chi connectivity index (χ1v) is 7.12. The van der Waals surface area contributed by atoms with Crippen molar-refractivity contribution in [3.8, 4) is 0 Å². The molecule has 0 spiro atoms. The fourth-order valence-corrected chi connectivity index (χ4v) is 2.63. The van der Waals surface area contributed by atoms with Crippen molar-refractivity contribution in [3.05, 3.63) is 0 Å². The zero-order valence-corrected chi connectivity index (χ0v) is 12.0. The maximum atomic E-state index is 5.23. The second kappa shape index (κ2) is 8.06. The van der Waals surface area contributed by atoms with Gasteiger partial charge in [-0.25, -0.2) is 0 Å². The number of methoxy groups -OCH3 is 1. The molecule has 0 amide bonds. The second-order valence-electron chi connectivity index (χ2n) is 5.62. The van der Waals surface area contributed by atoms with Crippen LogP contribution in [-0.4, -0.2) is 50.8 Å². The van der Waals surface area contributed by atoms with E-state index in [2.05, 4.69) is 31.0 Å². The monoisotopic (exact) mass is 242 g/mol. The third kappa shape index (κ3) is 5.36. The SMILES string of the molecule is CCC(C)C1CN(CC(C)COC)CCCN1. The minimum Gasteiger partial charge on any atom is -0.384 e. The molecule has 0 aromatic carbocycles. The van der Waals surface area contributed by atoms with Crippen LogP contribution in [0.25, 0.3) is 0 Å². The largest absolute Gasteiger partial charge is 0.384 e. The van der Waals surface area contributed by atoms with Gasteiger partial charge in [0.05, 0.1) is 0 Å². The highest BCUT2D eigenvalue weighted by Crippen LogP contribution is 2.13. The smallest absolute Gasteiger partial charge is 0.0500 e. The zero-order valence-electron chi connectivity index (χ0n) is 12.0. The summed E-state index contributed by atoms with van der Waals surface area (Å²) in [5.74, 6) is 1.41. The van der Waals surface area contributed by atoms with Crippen LogP contribution in [0.3, 0.4) is 0 Å². The first kappa shape index (κ1) is 14.9. The van der Waals surface area contributed by atoms with E-state index >= 15 is 0 Å². The second-order valence-corrected chi connectivity index (χ2v) is 5.62. The molecule has 1 heterocycles. The fourth-order valence-electron chi connectivity index (χ4n) is 2.63. The van der Waals surface area contributed by atoms with Crippen molar-refractivity contribution >= 4 is 0 Å². The maximum absolute atomic E-state index is 5.23. The van der Waals surface area contributed by atoms with Crippen LogP contribution in [0.4, 0.5) is 0 Å². The van der Waals surface area contributed by atoms with Gasteiger partial charge in [0.25, 0.3) is 0 Å². The van der Waals surface area contributed by atoms with E-state index in [1.807, 2.05) is 0 Å². The van der Waals surface area contributed by atoms with Crippen molar-refractivity contribution in [3.63, 3.8) is 0 Å². The minimum absolute atomic E-state index is 0.635. The Morgan fingerprint density at radius 3 is 2.82 bits per heavy atom. The molecule has 1 N–H and O–H groups in total. The molecular weight excluding hydrogens is 212 g/mol. The third-order valence-corrected chi connectivity index (χ3v) is 3.86. The minimum atomic E-state index is 0.635.